The summed E-state index contributed by atoms with van der Waals surface area (Å²) in [5, 5.41) is 0. The van der Waals surface area contributed by atoms with Crippen molar-refractivity contribution in [2.75, 3.05) is 12.3 Å². The first-order valence-corrected chi connectivity index (χ1v) is 7.53. The number of anilines is 1. The number of nitrogens with zero attached hydrogens (tertiary/aromatic N) is 2. The lowest BCUT2D eigenvalue weighted by Crippen LogP contribution is -2.32. The minimum Gasteiger partial charge on any atom is -0.492 e. The molecule has 1 heterocycles. The molecule has 0 spiro atoms. The van der Waals surface area contributed by atoms with Crippen LogP contribution in [-0.4, -0.2) is 16.2 Å². The van der Waals surface area contributed by atoms with Crippen LogP contribution in [0.3, 0.4) is 0 Å². The first-order valence-electron chi connectivity index (χ1n) is 7.53. The smallest absolute Gasteiger partial charge is 0.201 e. The highest BCUT2D eigenvalue weighted by Crippen LogP contribution is 2.37. The van der Waals surface area contributed by atoms with Crippen molar-refractivity contribution in [1.82, 2.24) is 9.55 Å². The van der Waals surface area contributed by atoms with Crippen LogP contribution in [0.4, 0.5) is 5.95 Å². The molecule has 110 valence electrons. The van der Waals surface area contributed by atoms with Gasteiger partial charge in [-0.05, 0) is 38.3 Å². The third kappa shape index (κ3) is 2.13. The molecule has 2 rings (SSSR count). The van der Waals surface area contributed by atoms with Gasteiger partial charge in [0.2, 0.25) is 5.95 Å². The first-order chi connectivity index (χ1) is 9.63. The minimum atomic E-state index is 0.0314. The Labute approximate surface area is 120 Å². The molecule has 0 bridgehead atoms. The molecule has 4 heteroatoms. The molecule has 0 aliphatic carbocycles. The third-order valence-corrected chi connectivity index (χ3v) is 4.42. The van der Waals surface area contributed by atoms with E-state index in [0.717, 1.165) is 36.0 Å². The summed E-state index contributed by atoms with van der Waals surface area (Å²) in [5.41, 5.74) is 8.19. The average Bonchev–Trinajstić information content (AvgIpc) is 2.81. The topological polar surface area (TPSA) is 53.1 Å². The molecular formula is C16H25N3O. The Morgan fingerprint density at radius 2 is 1.80 bits per heavy atom. The molecule has 2 aromatic rings. The Kier molecular flexibility index (Phi) is 4.21. The number of nitrogens with two attached hydrogens (primary N) is 1. The van der Waals surface area contributed by atoms with Crippen LogP contribution >= 0.6 is 0 Å². The van der Waals surface area contributed by atoms with Crippen molar-refractivity contribution in [3.8, 4) is 5.75 Å². The minimum absolute atomic E-state index is 0.0314. The summed E-state index contributed by atoms with van der Waals surface area (Å²) in [7, 11) is 0. The predicted octanol–water partition coefficient (Wildman–Crippen LogP) is 3.94. The number of ether oxygens (including phenoxy) is 1. The fourth-order valence-corrected chi connectivity index (χ4v) is 3.09. The van der Waals surface area contributed by atoms with Crippen molar-refractivity contribution in [1.29, 1.82) is 0 Å². The van der Waals surface area contributed by atoms with E-state index in [1.807, 2.05) is 19.1 Å². The molecule has 0 fully saturated rings. The lowest BCUT2D eigenvalue weighted by atomic mass is 9.89. The van der Waals surface area contributed by atoms with Crippen LogP contribution in [0.5, 0.6) is 5.75 Å². The fourth-order valence-electron chi connectivity index (χ4n) is 3.09. The van der Waals surface area contributed by atoms with Crippen molar-refractivity contribution in [3.05, 3.63) is 18.2 Å². The van der Waals surface area contributed by atoms with Gasteiger partial charge in [0.15, 0.2) is 0 Å². The normalized spacial score (nSPS) is 12.0. The maximum atomic E-state index is 6.23. The zero-order chi connectivity index (χ0) is 14.8. The molecule has 0 saturated heterocycles. The zero-order valence-electron chi connectivity index (χ0n) is 12.9. The van der Waals surface area contributed by atoms with Crippen LogP contribution in [0.1, 0.15) is 47.0 Å². The third-order valence-electron chi connectivity index (χ3n) is 4.42. The monoisotopic (exact) mass is 275 g/mol. The van der Waals surface area contributed by atoms with Gasteiger partial charge < -0.3 is 15.0 Å². The van der Waals surface area contributed by atoms with Gasteiger partial charge in [0.05, 0.1) is 12.1 Å². The molecule has 0 amide bonds. The van der Waals surface area contributed by atoms with E-state index in [2.05, 4.69) is 36.4 Å². The molecule has 20 heavy (non-hydrogen) atoms. The van der Waals surface area contributed by atoms with Crippen LogP contribution < -0.4 is 10.5 Å². The van der Waals surface area contributed by atoms with Gasteiger partial charge in [-0.15, -0.1) is 0 Å². The van der Waals surface area contributed by atoms with Gasteiger partial charge >= 0.3 is 0 Å². The van der Waals surface area contributed by atoms with E-state index in [0.29, 0.717) is 12.6 Å². The van der Waals surface area contributed by atoms with E-state index in [-0.39, 0.29) is 5.54 Å². The molecular weight excluding hydrogens is 250 g/mol. The number of nitrogen functional groups attached to an aromatic ring is 1. The highest BCUT2D eigenvalue weighted by atomic mass is 16.5. The van der Waals surface area contributed by atoms with Gasteiger partial charge in [0.25, 0.3) is 0 Å². The number of aromatic nitrogens is 2. The van der Waals surface area contributed by atoms with E-state index >= 15 is 0 Å². The number of fused-ring (bicyclic) bond motifs is 1. The van der Waals surface area contributed by atoms with Crippen molar-refractivity contribution < 1.29 is 4.74 Å². The largest absolute Gasteiger partial charge is 0.492 e. The number of benzene rings is 1. The summed E-state index contributed by atoms with van der Waals surface area (Å²) >= 11 is 0. The number of rotatable bonds is 6. The number of hydrogen-bond donors (Lipinski definition) is 1. The Morgan fingerprint density at radius 1 is 1.15 bits per heavy atom. The quantitative estimate of drug-likeness (QED) is 0.868. The standard InChI is InChI=1S/C16H25N3O/c1-5-16(6-2,7-3)19-12-10-9-11-13(20-8-4)14(12)18-15(19)17/h9-11H,5-8H2,1-4H3,(H2,17,18). The average molecular weight is 275 g/mol. The lowest BCUT2D eigenvalue weighted by Gasteiger charge is -2.33. The zero-order valence-corrected chi connectivity index (χ0v) is 12.9. The van der Waals surface area contributed by atoms with Gasteiger partial charge in [-0.2, -0.15) is 0 Å². The molecule has 0 aliphatic rings. The highest BCUT2D eigenvalue weighted by molar-refractivity contribution is 5.84. The summed E-state index contributed by atoms with van der Waals surface area (Å²) in [6.45, 7) is 9.25. The summed E-state index contributed by atoms with van der Waals surface area (Å²) in [4.78, 5) is 4.56. The fraction of sp³-hybridized carbons (Fsp3) is 0.562. The Balaban J connectivity index is 2.71. The second-order valence-corrected chi connectivity index (χ2v) is 5.15. The molecule has 0 radical (unpaired) electrons. The van der Waals surface area contributed by atoms with E-state index in [9.17, 15) is 0 Å². The summed E-state index contributed by atoms with van der Waals surface area (Å²) in [6, 6.07) is 6.04. The number of hydrogen-bond acceptors (Lipinski definition) is 3. The van der Waals surface area contributed by atoms with Crippen LogP contribution in [-0.2, 0) is 5.54 Å². The van der Waals surface area contributed by atoms with E-state index in [4.69, 9.17) is 10.5 Å². The molecule has 4 nitrogen and oxygen atoms in total. The maximum Gasteiger partial charge on any atom is 0.201 e. The first kappa shape index (κ1) is 14.7. The molecule has 0 saturated carbocycles. The van der Waals surface area contributed by atoms with Crippen LogP contribution in [0.15, 0.2) is 18.2 Å². The van der Waals surface area contributed by atoms with E-state index in [1.165, 1.54) is 0 Å². The molecule has 2 N–H and O–H groups in total. The van der Waals surface area contributed by atoms with Crippen molar-refractivity contribution in [2.45, 2.75) is 52.5 Å². The second kappa shape index (κ2) is 5.73. The van der Waals surface area contributed by atoms with Crippen molar-refractivity contribution in [3.63, 3.8) is 0 Å². The molecule has 0 atom stereocenters. The van der Waals surface area contributed by atoms with Gasteiger partial charge in [0, 0.05) is 5.54 Å². The van der Waals surface area contributed by atoms with Gasteiger partial charge in [-0.1, -0.05) is 26.8 Å². The van der Waals surface area contributed by atoms with E-state index in [1.54, 1.807) is 0 Å². The van der Waals surface area contributed by atoms with Crippen molar-refractivity contribution >= 4 is 17.0 Å². The lowest BCUT2D eigenvalue weighted by molar-refractivity contribution is 0.262. The van der Waals surface area contributed by atoms with Gasteiger partial charge in [0.1, 0.15) is 11.3 Å². The Morgan fingerprint density at radius 3 is 2.35 bits per heavy atom. The summed E-state index contributed by atoms with van der Waals surface area (Å²) in [6.07, 6.45) is 3.11. The van der Waals surface area contributed by atoms with E-state index < -0.39 is 0 Å². The van der Waals surface area contributed by atoms with Crippen molar-refractivity contribution in [2.24, 2.45) is 0 Å². The van der Waals surface area contributed by atoms with Gasteiger partial charge in [-0.25, -0.2) is 4.98 Å². The maximum absolute atomic E-state index is 6.23. The van der Waals surface area contributed by atoms with Crippen LogP contribution in [0, 0.1) is 0 Å². The Bertz CT molecular complexity index is 576. The summed E-state index contributed by atoms with van der Waals surface area (Å²) in [5.74, 6) is 1.39. The van der Waals surface area contributed by atoms with Crippen LogP contribution in [0.25, 0.3) is 11.0 Å². The molecule has 1 aromatic carbocycles. The van der Waals surface area contributed by atoms with Gasteiger partial charge in [-0.3, -0.25) is 0 Å². The second-order valence-electron chi connectivity index (χ2n) is 5.15. The Hall–Kier alpha value is -1.71. The molecule has 0 aliphatic heterocycles. The number of para-hydroxylation sites is 1. The summed E-state index contributed by atoms with van der Waals surface area (Å²) < 4.78 is 7.87. The number of imidazole rings is 1. The molecule has 1 aromatic heterocycles. The highest BCUT2D eigenvalue weighted by Gasteiger charge is 2.30. The molecule has 0 unspecified atom stereocenters. The van der Waals surface area contributed by atoms with Crippen LogP contribution in [0.2, 0.25) is 0 Å². The SMILES string of the molecule is CCOc1cccc2c1nc(N)n2C(CC)(CC)CC. The predicted molar refractivity (Wildman–Crippen MR) is 84.2 cm³/mol.